The van der Waals surface area contributed by atoms with Crippen molar-refractivity contribution in [3.63, 3.8) is 0 Å². The summed E-state index contributed by atoms with van der Waals surface area (Å²) in [6, 6.07) is 17.3. The lowest BCUT2D eigenvalue weighted by molar-refractivity contribution is 0.471. The molecule has 0 aliphatic carbocycles. The molecular formula is C16H15NO4S. The van der Waals surface area contributed by atoms with Gasteiger partial charge in [-0.15, -0.1) is 0 Å². The molecule has 0 aliphatic rings. The normalized spacial score (nSPS) is 11.1. The summed E-state index contributed by atoms with van der Waals surface area (Å²) in [5, 5.41) is 11.0. The van der Waals surface area contributed by atoms with Gasteiger partial charge in [-0.05, 0) is 28.6 Å². The summed E-state index contributed by atoms with van der Waals surface area (Å²) in [4.78, 5) is -0.322. The quantitative estimate of drug-likeness (QED) is 0.625. The lowest BCUT2D eigenvalue weighted by Gasteiger charge is -2.07. The Balaban J connectivity index is 0.00000176. The van der Waals surface area contributed by atoms with Crippen LogP contribution < -0.4 is 6.15 Å². The third kappa shape index (κ3) is 2.94. The van der Waals surface area contributed by atoms with Gasteiger partial charge in [-0.2, -0.15) is 8.42 Å². The molecule has 5 nitrogen and oxygen atoms in total. The van der Waals surface area contributed by atoms with E-state index in [1.807, 2.05) is 36.4 Å². The number of benzene rings is 3. The number of phenols is 1. The Kier molecular flexibility index (Phi) is 4.18. The first-order valence-corrected chi connectivity index (χ1v) is 7.69. The summed E-state index contributed by atoms with van der Waals surface area (Å²) in [6.45, 7) is 0. The summed E-state index contributed by atoms with van der Waals surface area (Å²) in [6.07, 6.45) is 0. The Morgan fingerprint density at radius 2 is 1.50 bits per heavy atom. The molecule has 3 rings (SSSR count). The van der Waals surface area contributed by atoms with Crippen molar-refractivity contribution in [2.45, 2.75) is 4.90 Å². The average molecular weight is 317 g/mol. The molecule has 22 heavy (non-hydrogen) atoms. The van der Waals surface area contributed by atoms with Gasteiger partial charge in [-0.1, -0.05) is 42.5 Å². The molecule has 5 N–H and O–H groups in total. The van der Waals surface area contributed by atoms with Gasteiger partial charge in [-0.25, -0.2) is 0 Å². The van der Waals surface area contributed by atoms with E-state index in [1.165, 1.54) is 6.07 Å². The van der Waals surface area contributed by atoms with Crippen LogP contribution in [0.4, 0.5) is 0 Å². The Labute approximate surface area is 128 Å². The van der Waals surface area contributed by atoms with Crippen LogP contribution in [0.25, 0.3) is 21.9 Å². The predicted octanol–water partition coefficient (Wildman–Crippen LogP) is 3.62. The number of hydrogen-bond acceptors (Lipinski definition) is 4. The smallest absolute Gasteiger partial charge is 0.294 e. The summed E-state index contributed by atoms with van der Waals surface area (Å²) in [7, 11) is -4.35. The molecule has 0 saturated heterocycles. The van der Waals surface area contributed by atoms with Gasteiger partial charge in [0, 0.05) is 11.5 Å². The van der Waals surface area contributed by atoms with Gasteiger partial charge in [0.1, 0.15) is 5.75 Å². The van der Waals surface area contributed by atoms with Crippen LogP contribution in [0.5, 0.6) is 5.75 Å². The number of rotatable bonds is 2. The zero-order chi connectivity index (χ0) is 15.0. The van der Waals surface area contributed by atoms with Crippen LogP contribution in [0, 0.1) is 0 Å². The van der Waals surface area contributed by atoms with Gasteiger partial charge in [0.05, 0.1) is 4.90 Å². The SMILES string of the molecule is N.O=S(=O)(O)c1cc(O)c2ccc(-c3ccccc3)cc2c1. The molecule has 0 unspecified atom stereocenters. The average Bonchev–Trinajstić information content (AvgIpc) is 2.46. The second kappa shape index (κ2) is 5.76. The first kappa shape index (κ1) is 16.0. The lowest BCUT2D eigenvalue weighted by Crippen LogP contribution is -1.97. The highest BCUT2D eigenvalue weighted by molar-refractivity contribution is 7.85. The van der Waals surface area contributed by atoms with Crippen molar-refractivity contribution < 1.29 is 18.1 Å². The lowest BCUT2D eigenvalue weighted by atomic mass is 10.0. The molecule has 6 heteroatoms. The topological polar surface area (TPSA) is 110 Å². The van der Waals surface area contributed by atoms with Crippen LogP contribution in [-0.4, -0.2) is 18.1 Å². The van der Waals surface area contributed by atoms with Crippen molar-refractivity contribution >= 4 is 20.9 Å². The number of phenolic OH excluding ortho intramolecular Hbond substituents is 1. The van der Waals surface area contributed by atoms with Crippen molar-refractivity contribution in [1.82, 2.24) is 6.15 Å². The first-order valence-electron chi connectivity index (χ1n) is 6.25. The predicted molar refractivity (Wildman–Crippen MR) is 85.9 cm³/mol. The second-order valence-corrected chi connectivity index (χ2v) is 6.14. The molecule has 0 aliphatic heterocycles. The zero-order valence-corrected chi connectivity index (χ0v) is 12.4. The van der Waals surface area contributed by atoms with Crippen LogP contribution in [0.15, 0.2) is 65.6 Å². The Morgan fingerprint density at radius 1 is 0.818 bits per heavy atom. The molecule has 114 valence electrons. The fourth-order valence-electron chi connectivity index (χ4n) is 2.28. The molecule has 0 aromatic heterocycles. The standard InChI is InChI=1S/C16H12O4S.H3N/c17-16-10-14(21(18,19)20)9-13-8-12(6-7-15(13)16)11-4-2-1-3-5-11;/h1-10,17H,(H,18,19,20);1H3. The van der Waals surface area contributed by atoms with Crippen LogP contribution in [0.2, 0.25) is 0 Å². The fraction of sp³-hybridized carbons (Fsp3) is 0. The summed E-state index contributed by atoms with van der Waals surface area (Å²) in [5.74, 6) is -0.181. The molecule has 0 amide bonds. The number of hydrogen-bond donors (Lipinski definition) is 3. The van der Waals surface area contributed by atoms with E-state index in [1.54, 1.807) is 12.1 Å². The first-order chi connectivity index (χ1) is 9.95. The molecule has 0 radical (unpaired) electrons. The Bertz CT molecular complexity index is 922. The molecule has 0 atom stereocenters. The fourth-order valence-corrected chi connectivity index (χ4v) is 2.82. The van der Waals surface area contributed by atoms with Crippen molar-refractivity contribution in [1.29, 1.82) is 0 Å². The molecule has 3 aromatic rings. The van der Waals surface area contributed by atoms with E-state index < -0.39 is 10.1 Å². The number of aromatic hydroxyl groups is 1. The number of fused-ring (bicyclic) bond motifs is 1. The van der Waals surface area contributed by atoms with Gasteiger partial charge in [0.15, 0.2) is 0 Å². The van der Waals surface area contributed by atoms with Crippen LogP contribution in [0.1, 0.15) is 0 Å². The maximum absolute atomic E-state index is 11.2. The maximum atomic E-state index is 11.2. The van der Waals surface area contributed by atoms with Crippen molar-refractivity contribution in [3.05, 3.63) is 60.7 Å². The van der Waals surface area contributed by atoms with Crippen molar-refractivity contribution in [3.8, 4) is 16.9 Å². The molecule has 0 heterocycles. The minimum Gasteiger partial charge on any atom is -0.507 e. The van der Waals surface area contributed by atoms with E-state index in [9.17, 15) is 13.5 Å². The van der Waals surface area contributed by atoms with E-state index in [-0.39, 0.29) is 16.8 Å². The van der Waals surface area contributed by atoms with Crippen molar-refractivity contribution in [2.24, 2.45) is 0 Å². The summed E-state index contributed by atoms with van der Waals surface area (Å²) in [5.41, 5.74) is 1.88. The van der Waals surface area contributed by atoms with Gasteiger partial charge >= 0.3 is 0 Å². The monoisotopic (exact) mass is 317 g/mol. The second-order valence-electron chi connectivity index (χ2n) is 4.72. The molecule has 3 aromatic carbocycles. The van der Waals surface area contributed by atoms with Gasteiger partial charge < -0.3 is 11.3 Å². The minimum absolute atomic E-state index is 0. The van der Waals surface area contributed by atoms with Crippen LogP contribution >= 0.6 is 0 Å². The minimum atomic E-state index is -4.35. The van der Waals surface area contributed by atoms with E-state index in [4.69, 9.17) is 4.55 Å². The third-order valence-corrected chi connectivity index (χ3v) is 4.14. The van der Waals surface area contributed by atoms with E-state index in [2.05, 4.69) is 0 Å². The largest absolute Gasteiger partial charge is 0.507 e. The Hall–Kier alpha value is -2.41. The highest BCUT2D eigenvalue weighted by Crippen LogP contribution is 2.32. The van der Waals surface area contributed by atoms with E-state index in [0.29, 0.717) is 10.8 Å². The third-order valence-electron chi connectivity index (χ3n) is 3.31. The molecule has 0 spiro atoms. The van der Waals surface area contributed by atoms with Gasteiger partial charge in [0.2, 0.25) is 0 Å². The highest BCUT2D eigenvalue weighted by Gasteiger charge is 2.13. The summed E-state index contributed by atoms with van der Waals surface area (Å²) >= 11 is 0. The Morgan fingerprint density at radius 3 is 2.14 bits per heavy atom. The van der Waals surface area contributed by atoms with Crippen LogP contribution in [0.3, 0.4) is 0 Å². The van der Waals surface area contributed by atoms with E-state index >= 15 is 0 Å². The van der Waals surface area contributed by atoms with Crippen molar-refractivity contribution in [2.75, 3.05) is 0 Å². The van der Waals surface area contributed by atoms with Gasteiger partial charge in [0.25, 0.3) is 10.1 Å². The molecular weight excluding hydrogens is 302 g/mol. The summed E-state index contributed by atoms with van der Waals surface area (Å²) < 4.78 is 31.6. The molecule has 0 fully saturated rings. The zero-order valence-electron chi connectivity index (χ0n) is 11.6. The maximum Gasteiger partial charge on any atom is 0.294 e. The molecule has 0 bridgehead atoms. The molecule has 0 saturated carbocycles. The van der Waals surface area contributed by atoms with Gasteiger partial charge in [-0.3, -0.25) is 4.55 Å². The van der Waals surface area contributed by atoms with E-state index in [0.717, 1.165) is 17.2 Å². The van der Waals surface area contributed by atoms with Crippen LogP contribution in [-0.2, 0) is 10.1 Å². The highest BCUT2D eigenvalue weighted by atomic mass is 32.2.